The first-order chi connectivity index (χ1) is 6.99. The molecule has 5 heteroatoms. The van der Waals surface area contributed by atoms with Gasteiger partial charge in [-0.25, -0.2) is 0 Å². The van der Waals surface area contributed by atoms with Crippen LogP contribution in [0, 0.1) is 0 Å². The van der Waals surface area contributed by atoms with Crippen LogP contribution >= 0.6 is 0 Å². The minimum Gasteiger partial charge on any atom is -0.497 e. The van der Waals surface area contributed by atoms with Crippen LogP contribution in [0.4, 0.5) is 17.6 Å². The van der Waals surface area contributed by atoms with Gasteiger partial charge in [-0.15, -0.1) is 0 Å². The largest absolute Gasteiger partial charge is 0.497 e. The average molecular weight is 222 g/mol. The van der Waals surface area contributed by atoms with Gasteiger partial charge in [0.1, 0.15) is 18.3 Å². The van der Waals surface area contributed by atoms with Crippen molar-refractivity contribution in [2.24, 2.45) is 0 Å². The molecule has 1 nitrogen and oxygen atoms in total. The Hall–Kier alpha value is -1.26. The number of rotatable bonds is 3. The highest BCUT2D eigenvalue weighted by atomic mass is 19.4. The summed E-state index contributed by atoms with van der Waals surface area (Å²) in [6.45, 7) is -1.45. The van der Waals surface area contributed by atoms with Crippen LogP contribution in [0.2, 0.25) is 0 Å². The summed E-state index contributed by atoms with van der Waals surface area (Å²) in [5.41, 5.74) is -0.0919. The minimum absolute atomic E-state index is 0.0919. The van der Waals surface area contributed by atoms with E-state index in [2.05, 4.69) is 0 Å². The zero-order valence-electron chi connectivity index (χ0n) is 8.01. The predicted molar refractivity (Wildman–Crippen MR) is 47.8 cm³/mol. The van der Waals surface area contributed by atoms with Gasteiger partial charge in [0, 0.05) is 0 Å². The van der Waals surface area contributed by atoms with Crippen LogP contribution in [0.1, 0.15) is 11.5 Å². The van der Waals surface area contributed by atoms with Crippen molar-refractivity contribution in [1.82, 2.24) is 0 Å². The summed E-state index contributed by atoms with van der Waals surface area (Å²) in [6.07, 6.45) is -4.55. The lowest BCUT2D eigenvalue weighted by Gasteiger charge is -2.17. The van der Waals surface area contributed by atoms with Crippen molar-refractivity contribution in [1.29, 1.82) is 0 Å². The highest BCUT2D eigenvalue weighted by molar-refractivity contribution is 5.30. The van der Waals surface area contributed by atoms with Gasteiger partial charge in [0.05, 0.1) is 7.11 Å². The molecule has 0 amide bonds. The van der Waals surface area contributed by atoms with Crippen molar-refractivity contribution < 1.29 is 22.3 Å². The van der Waals surface area contributed by atoms with Gasteiger partial charge in [-0.1, -0.05) is 12.1 Å². The van der Waals surface area contributed by atoms with E-state index < -0.39 is 18.8 Å². The van der Waals surface area contributed by atoms with Gasteiger partial charge in [-0.2, -0.15) is 13.2 Å². The van der Waals surface area contributed by atoms with Crippen molar-refractivity contribution in [3.05, 3.63) is 29.8 Å². The maximum atomic E-state index is 12.3. The Balaban J connectivity index is 2.93. The lowest BCUT2D eigenvalue weighted by atomic mass is 10.00. The summed E-state index contributed by atoms with van der Waals surface area (Å²) in [7, 11) is 1.41. The molecule has 1 atom stereocenters. The lowest BCUT2D eigenvalue weighted by Crippen LogP contribution is -2.22. The fraction of sp³-hybridized carbons (Fsp3) is 0.400. The molecule has 1 rings (SSSR count). The van der Waals surface area contributed by atoms with E-state index in [1.165, 1.54) is 31.4 Å². The summed E-state index contributed by atoms with van der Waals surface area (Å²) in [5.74, 6) is -1.61. The molecule has 0 N–H and O–H groups in total. The number of methoxy groups -OCH3 is 1. The number of alkyl halides is 4. The van der Waals surface area contributed by atoms with E-state index in [0.29, 0.717) is 5.75 Å². The molecule has 84 valence electrons. The Morgan fingerprint density at radius 1 is 1.20 bits per heavy atom. The Morgan fingerprint density at radius 2 is 1.73 bits per heavy atom. The lowest BCUT2D eigenvalue weighted by molar-refractivity contribution is -0.153. The van der Waals surface area contributed by atoms with Gasteiger partial charge in [0.15, 0.2) is 0 Å². The summed E-state index contributed by atoms with van der Waals surface area (Å²) in [4.78, 5) is 0. The molecule has 0 heterocycles. The molecule has 0 aliphatic rings. The quantitative estimate of drug-likeness (QED) is 0.713. The second-order valence-electron chi connectivity index (χ2n) is 3.02. The molecule has 0 saturated carbocycles. The summed E-state index contributed by atoms with van der Waals surface area (Å²) in [5, 5.41) is 0. The molecule has 1 aromatic rings. The van der Waals surface area contributed by atoms with Gasteiger partial charge in [0.25, 0.3) is 0 Å². The SMILES string of the molecule is COc1ccc(C(CF)C(F)(F)F)cc1. The van der Waals surface area contributed by atoms with Gasteiger partial charge in [-0.05, 0) is 17.7 Å². The zero-order valence-corrected chi connectivity index (χ0v) is 8.01. The Morgan fingerprint density at radius 3 is 2.07 bits per heavy atom. The van der Waals surface area contributed by atoms with Crippen LogP contribution in [0.15, 0.2) is 24.3 Å². The normalized spacial score (nSPS) is 13.7. The van der Waals surface area contributed by atoms with E-state index in [-0.39, 0.29) is 5.56 Å². The third-order valence-corrected chi connectivity index (χ3v) is 2.07. The van der Waals surface area contributed by atoms with E-state index in [1.54, 1.807) is 0 Å². The van der Waals surface area contributed by atoms with Crippen molar-refractivity contribution in [3.8, 4) is 5.75 Å². The van der Waals surface area contributed by atoms with Gasteiger partial charge in [-0.3, -0.25) is 4.39 Å². The highest BCUT2D eigenvalue weighted by Crippen LogP contribution is 2.35. The van der Waals surface area contributed by atoms with Crippen LogP contribution in [0.5, 0.6) is 5.75 Å². The smallest absolute Gasteiger partial charge is 0.398 e. The molecule has 0 bridgehead atoms. The molecule has 1 aromatic carbocycles. The van der Waals surface area contributed by atoms with Crippen molar-refractivity contribution >= 4 is 0 Å². The number of ether oxygens (including phenoxy) is 1. The van der Waals surface area contributed by atoms with E-state index in [9.17, 15) is 17.6 Å². The molecule has 0 aliphatic carbocycles. The van der Waals surface area contributed by atoms with Crippen LogP contribution in [-0.4, -0.2) is 20.0 Å². The van der Waals surface area contributed by atoms with Crippen molar-refractivity contribution in [2.75, 3.05) is 13.8 Å². The van der Waals surface area contributed by atoms with Crippen molar-refractivity contribution in [2.45, 2.75) is 12.1 Å². The summed E-state index contributed by atoms with van der Waals surface area (Å²) in [6, 6.07) is 5.20. The van der Waals surface area contributed by atoms with E-state index in [0.717, 1.165) is 0 Å². The van der Waals surface area contributed by atoms with E-state index >= 15 is 0 Å². The van der Waals surface area contributed by atoms with Crippen LogP contribution < -0.4 is 4.74 Å². The second-order valence-corrected chi connectivity index (χ2v) is 3.02. The van der Waals surface area contributed by atoms with Crippen LogP contribution in [0.3, 0.4) is 0 Å². The fourth-order valence-electron chi connectivity index (χ4n) is 1.20. The molecular formula is C10H10F4O. The first kappa shape index (κ1) is 11.8. The first-order valence-electron chi connectivity index (χ1n) is 4.25. The third kappa shape index (κ3) is 2.84. The predicted octanol–water partition coefficient (Wildman–Crippen LogP) is 3.31. The average Bonchev–Trinajstić information content (AvgIpc) is 2.18. The van der Waals surface area contributed by atoms with Crippen molar-refractivity contribution in [3.63, 3.8) is 0 Å². The second kappa shape index (κ2) is 4.51. The van der Waals surface area contributed by atoms with Gasteiger partial charge in [0.2, 0.25) is 0 Å². The topological polar surface area (TPSA) is 9.23 Å². The number of halogens is 4. The highest BCUT2D eigenvalue weighted by Gasteiger charge is 2.40. The monoisotopic (exact) mass is 222 g/mol. The molecule has 0 aliphatic heterocycles. The number of hydrogen-bond acceptors (Lipinski definition) is 1. The Bertz CT molecular complexity index is 304. The number of hydrogen-bond donors (Lipinski definition) is 0. The van der Waals surface area contributed by atoms with Crippen LogP contribution in [-0.2, 0) is 0 Å². The Kier molecular flexibility index (Phi) is 3.55. The van der Waals surface area contributed by atoms with Crippen LogP contribution in [0.25, 0.3) is 0 Å². The molecule has 0 aromatic heterocycles. The molecule has 0 spiro atoms. The molecule has 0 fully saturated rings. The first-order valence-corrected chi connectivity index (χ1v) is 4.25. The van der Waals surface area contributed by atoms with E-state index in [4.69, 9.17) is 4.74 Å². The third-order valence-electron chi connectivity index (χ3n) is 2.07. The van der Waals surface area contributed by atoms with Gasteiger partial charge < -0.3 is 4.74 Å². The van der Waals surface area contributed by atoms with E-state index in [1.807, 2.05) is 0 Å². The minimum atomic E-state index is -4.55. The standard InChI is InChI=1S/C10H10F4O/c1-15-8-4-2-7(3-5-8)9(6-11)10(12,13)14/h2-5,9H,6H2,1H3. The molecule has 0 saturated heterocycles. The molecule has 0 radical (unpaired) electrons. The maximum Gasteiger partial charge on any atom is 0.398 e. The Labute approximate surface area is 84.7 Å². The summed E-state index contributed by atoms with van der Waals surface area (Å²) >= 11 is 0. The molecule has 15 heavy (non-hydrogen) atoms. The number of benzene rings is 1. The molecule has 1 unspecified atom stereocenters. The zero-order chi connectivity index (χ0) is 11.5. The maximum absolute atomic E-state index is 12.3. The molecular weight excluding hydrogens is 212 g/mol. The van der Waals surface area contributed by atoms with Gasteiger partial charge >= 0.3 is 6.18 Å². The summed E-state index contributed by atoms with van der Waals surface area (Å²) < 4.78 is 54.0. The fourth-order valence-corrected chi connectivity index (χ4v) is 1.20.